The van der Waals surface area contributed by atoms with Gasteiger partial charge in [-0.3, -0.25) is 9.69 Å². The van der Waals surface area contributed by atoms with Crippen molar-refractivity contribution in [1.82, 2.24) is 4.90 Å². The zero-order chi connectivity index (χ0) is 26.3. The van der Waals surface area contributed by atoms with Gasteiger partial charge in [-0.25, -0.2) is 0 Å². The highest BCUT2D eigenvalue weighted by Crippen LogP contribution is 2.45. The van der Waals surface area contributed by atoms with Crippen LogP contribution >= 0.6 is 0 Å². The van der Waals surface area contributed by atoms with Crippen molar-refractivity contribution >= 4 is 16.7 Å². The first-order valence-electron chi connectivity index (χ1n) is 13.8. The van der Waals surface area contributed by atoms with E-state index in [-0.39, 0.29) is 47.3 Å². The summed E-state index contributed by atoms with van der Waals surface area (Å²) in [5.74, 6) is 0.348. The minimum atomic E-state index is -4.50. The van der Waals surface area contributed by atoms with Crippen LogP contribution in [-0.2, 0) is 15.7 Å². The molecule has 2 aliphatic heterocycles. The lowest BCUT2D eigenvalue weighted by Crippen LogP contribution is -2.54. The number of halogens is 3. The van der Waals surface area contributed by atoms with Gasteiger partial charge < -0.3 is 9.47 Å². The van der Waals surface area contributed by atoms with E-state index in [1.54, 1.807) is 12.1 Å². The predicted molar refractivity (Wildman–Crippen MR) is 137 cm³/mol. The van der Waals surface area contributed by atoms with Crippen molar-refractivity contribution < 1.29 is 27.4 Å². The van der Waals surface area contributed by atoms with E-state index in [0.717, 1.165) is 63.4 Å². The first-order valence-corrected chi connectivity index (χ1v) is 13.8. The van der Waals surface area contributed by atoms with Crippen molar-refractivity contribution in [3.8, 4) is 5.75 Å². The number of hydrogen-bond acceptors (Lipinski definition) is 4. The third-order valence-electron chi connectivity index (χ3n) is 9.04. The van der Waals surface area contributed by atoms with Crippen LogP contribution < -0.4 is 4.74 Å². The van der Waals surface area contributed by atoms with Crippen LogP contribution in [0.25, 0.3) is 10.8 Å². The molecule has 4 nitrogen and oxygen atoms in total. The Bertz CT molecular complexity index is 1110. The molecule has 2 heterocycles. The minimum Gasteiger partial charge on any atom is -0.490 e. The molecule has 3 atom stereocenters. The molecule has 7 heteroatoms. The molecule has 0 N–H and O–H groups in total. The Hall–Kier alpha value is -2.28. The Morgan fingerprint density at radius 3 is 2.30 bits per heavy atom. The number of carbonyl (C=O) groups is 1. The first kappa shape index (κ1) is 26.3. The molecule has 3 fully saturated rings. The zero-order valence-corrected chi connectivity index (χ0v) is 22.0. The number of hydrogen-bond donors (Lipinski definition) is 0. The third kappa shape index (κ3) is 5.34. The van der Waals surface area contributed by atoms with E-state index in [4.69, 9.17) is 9.47 Å². The van der Waals surface area contributed by atoms with Gasteiger partial charge in [-0.05, 0) is 92.7 Å². The number of esters is 1. The van der Waals surface area contributed by atoms with Crippen molar-refractivity contribution in [2.45, 2.75) is 102 Å². The number of carbonyl (C=O) groups excluding carboxylic acids is 1. The van der Waals surface area contributed by atoms with Gasteiger partial charge in [0.2, 0.25) is 0 Å². The number of fused-ring (bicyclic) bond motifs is 3. The quantitative estimate of drug-likeness (QED) is 0.381. The number of alkyl halides is 3. The molecule has 0 aromatic heterocycles. The number of methoxy groups -OCH3 is 1. The molecule has 0 amide bonds. The lowest BCUT2D eigenvalue weighted by atomic mass is 9.77. The molecule has 5 rings (SSSR count). The summed E-state index contributed by atoms with van der Waals surface area (Å²) in [6.07, 6.45) is 3.64. The average Bonchev–Trinajstić information content (AvgIpc) is 2.87. The van der Waals surface area contributed by atoms with E-state index in [1.807, 2.05) is 12.1 Å². The molecule has 2 aromatic carbocycles. The van der Waals surface area contributed by atoms with Gasteiger partial charge in [0.1, 0.15) is 11.3 Å². The highest BCUT2D eigenvalue weighted by molar-refractivity contribution is 5.89. The molecule has 0 spiro atoms. The molecule has 2 unspecified atom stereocenters. The highest BCUT2D eigenvalue weighted by atomic mass is 19.4. The molecule has 2 bridgehead atoms. The normalized spacial score (nSPS) is 29.6. The molecule has 2 saturated heterocycles. The zero-order valence-electron chi connectivity index (χ0n) is 22.0. The van der Waals surface area contributed by atoms with E-state index < -0.39 is 11.7 Å². The van der Waals surface area contributed by atoms with E-state index in [2.05, 4.69) is 18.7 Å². The van der Waals surface area contributed by atoms with Crippen LogP contribution in [0.5, 0.6) is 5.75 Å². The fourth-order valence-electron chi connectivity index (χ4n) is 7.09. The number of ether oxygens (including phenoxy) is 2. The summed E-state index contributed by atoms with van der Waals surface area (Å²) in [6, 6.07) is 9.26. The summed E-state index contributed by atoms with van der Waals surface area (Å²) in [7, 11) is 1.45. The molecule has 0 radical (unpaired) electrons. The maximum Gasteiger partial charge on any atom is 0.420 e. The molecule has 37 heavy (non-hydrogen) atoms. The second kappa shape index (κ2) is 10.5. The second-order valence-electron chi connectivity index (χ2n) is 11.5. The van der Waals surface area contributed by atoms with Crippen molar-refractivity contribution in [2.24, 2.45) is 11.8 Å². The maximum atomic E-state index is 14.3. The van der Waals surface area contributed by atoms with Crippen molar-refractivity contribution in [3.63, 3.8) is 0 Å². The van der Waals surface area contributed by atoms with Gasteiger partial charge in [0.15, 0.2) is 0 Å². The third-order valence-corrected chi connectivity index (χ3v) is 9.04. The summed E-state index contributed by atoms with van der Waals surface area (Å²) in [5, 5.41) is 0.769. The summed E-state index contributed by atoms with van der Waals surface area (Å²) < 4.78 is 53.9. The fourth-order valence-corrected chi connectivity index (χ4v) is 7.09. The van der Waals surface area contributed by atoms with Gasteiger partial charge in [0, 0.05) is 18.1 Å². The van der Waals surface area contributed by atoms with Crippen LogP contribution in [0.4, 0.5) is 13.2 Å². The largest absolute Gasteiger partial charge is 0.490 e. The van der Waals surface area contributed by atoms with E-state index >= 15 is 0 Å². The van der Waals surface area contributed by atoms with Gasteiger partial charge in [0.05, 0.1) is 19.1 Å². The minimum absolute atomic E-state index is 0.0489. The Kier molecular flexibility index (Phi) is 7.45. The van der Waals surface area contributed by atoms with Crippen LogP contribution in [0.3, 0.4) is 0 Å². The summed E-state index contributed by atoms with van der Waals surface area (Å²) in [6.45, 7) is 4.32. The summed E-state index contributed by atoms with van der Waals surface area (Å²) in [4.78, 5) is 14.7. The van der Waals surface area contributed by atoms with E-state index in [1.165, 1.54) is 13.2 Å². The standard InChI is InChI=1S/C30H38F3NO3/c1-18-7-11-25(12-8-18)37-27-14-10-21-15-20(9-13-26(21)28(27)30(31,32)33)19(2)34-23-5-4-6-24(34)17-22(16-23)29(35)36-3/h9-10,13-15,18-19,22-25H,4-8,11-12,16-17H2,1-3H3/t18-,19-,22?,23?,24?,25+/m0/s1. The van der Waals surface area contributed by atoms with Gasteiger partial charge in [0.25, 0.3) is 0 Å². The molecular formula is C30H38F3NO3. The van der Waals surface area contributed by atoms with Gasteiger partial charge in [-0.15, -0.1) is 0 Å². The average molecular weight is 518 g/mol. The Labute approximate surface area is 217 Å². The molecule has 1 aliphatic carbocycles. The Balaban J connectivity index is 1.42. The van der Waals surface area contributed by atoms with Crippen molar-refractivity contribution in [2.75, 3.05) is 7.11 Å². The molecular weight excluding hydrogens is 479 g/mol. The topological polar surface area (TPSA) is 38.8 Å². The number of rotatable bonds is 5. The lowest BCUT2D eigenvalue weighted by Gasteiger charge is -2.51. The SMILES string of the molecule is COC(=O)C1CC2CCCC(C1)N2[C@@H](C)c1ccc2c(C(F)(F)F)c(O[C@H]3CC[C@@H](C)CC3)ccc2c1. The maximum absolute atomic E-state index is 14.3. The van der Waals surface area contributed by atoms with Gasteiger partial charge in [-0.1, -0.05) is 31.5 Å². The monoisotopic (exact) mass is 517 g/mol. The number of nitrogens with zero attached hydrogens (tertiary/aromatic N) is 1. The van der Waals surface area contributed by atoms with Gasteiger partial charge >= 0.3 is 12.1 Å². The van der Waals surface area contributed by atoms with Crippen molar-refractivity contribution in [3.05, 3.63) is 41.5 Å². The van der Waals surface area contributed by atoms with Gasteiger partial charge in [-0.2, -0.15) is 13.2 Å². The van der Waals surface area contributed by atoms with Crippen LogP contribution in [0.2, 0.25) is 0 Å². The van der Waals surface area contributed by atoms with Crippen molar-refractivity contribution in [1.29, 1.82) is 0 Å². The van der Waals surface area contributed by atoms with E-state index in [9.17, 15) is 18.0 Å². The Morgan fingerprint density at radius 2 is 1.68 bits per heavy atom. The molecule has 1 saturated carbocycles. The second-order valence-corrected chi connectivity index (χ2v) is 11.5. The highest BCUT2D eigenvalue weighted by Gasteiger charge is 2.43. The summed E-state index contributed by atoms with van der Waals surface area (Å²) in [5.41, 5.74) is 0.336. The van der Waals surface area contributed by atoms with Crippen LogP contribution in [-0.4, -0.2) is 36.2 Å². The molecule has 3 aliphatic rings. The van der Waals surface area contributed by atoms with Crippen LogP contribution in [0.1, 0.15) is 88.8 Å². The van der Waals surface area contributed by atoms with E-state index in [0.29, 0.717) is 11.3 Å². The predicted octanol–water partition coefficient (Wildman–Crippen LogP) is 7.68. The summed E-state index contributed by atoms with van der Waals surface area (Å²) >= 11 is 0. The first-order chi connectivity index (χ1) is 17.7. The van der Waals surface area contributed by atoms with Crippen LogP contribution in [0.15, 0.2) is 30.3 Å². The molecule has 202 valence electrons. The number of piperidine rings is 2. The molecule has 2 aromatic rings. The Morgan fingerprint density at radius 1 is 1.00 bits per heavy atom. The number of benzene rings is 2. The van der Waals surface area contributed by atoms with Crippen LogP contribution in [0, 0.1) is 11.8 Å². The lowest BCUT2D eigenvalue weighted by molar-refractivity contribution is -0.150. The fraction of sp³-hybridized carbons (Fsp3) is 0.633. The smallest absolute Gasteiger partial charge is 0.420 e.